The summed E-state index contributed by atoms with van der Waals surface area (Å²) in [6, 6.07) is 4.43. The molecule has 0 aliphatic carbocycles. The van der Waals surface area contributed by atoms with E-state index in [9.17, 15) is 4.79 Å². The van der Waals surface area contributed by atoms with E-state index < -0.39 is 0 Å². The lowest BCUT2D eigenvalue weighted by Gasteiger charge is -2.23. The Hall–Kier alpha value is -1.75. The first-order valence-corrected chi connectivity index (χ1v) is 7.13. The average molecular weight is 276 g/mol. The third-order valence-electron chi connectivity index (χ3n) is 3.83. The summed E-state index contributed by atoms with van der Waals surface area (Å²) in [6.45, 7) is 6.11. The van der Waals surface area contributed by atoms with Gasteiger partial charge in [0.05, 0.1) is 11.4 Å². The molecule has 4 N–H and O–H groups in total. The molecule has 110 valence electrons. The van der Waals surface area contributed by atoms with Crippen LogP contribution in [-0.4, -0.2) is 37.0 Å². The highest BCUT2D eigenvalue weighted by Gasteiger charge is 2.16. The number of carbonyl (C=O) groups is 1. The van der Waals surface area contributed by atoms with Crippen LogP contribution in [0.15, 0.2) is 12.1 Å². The molecule has 0 atom stereocenters. The number of amides is 1. The Morgan fingerprint density at radius 1 is 1.40 bits per heavy atom. The summed E-state index contributed by atoms with van der Waals surface area (Å²) in [5, 5.41) is 6.25. The minimum absolute atomic E-state index is 0.0766. The summed E-state index contributed by atoms with van der Waals surface area (Å²) in [5.41, 5.74) is 9.70. The molecule has 2 rings (SSSR count). The summed E-state index contributed by atoms with van der Waals surface area (Å²) in [7, 11) is 2.10. The summed E-state index contributed by atoms with van der Waals surface area (Å²) in [4.78, 5) is 13.7. The van der Waals surface area contributed by atoms with Crippen LogP contribution in [0.1, 0.15) is 25.8 Å². The molecule has 1 aromatic carbocycles. The van der Waals surface area contributed by atoms with Gasteiger partial charge >= 0.3 is 0 Å². The smallest absolute Gasteiger partial charge is 0.224 e. The van der Waals surface area contributed by atoms with Crippen LogP contribution in [-0.2, 0) is 11.2 Å². The second kappa shape index (κ2) is 6.13. The monoisotopic (exact) mass is 276 g/mol. The average Bonchev–Trinajstić information content (AvgIpc) is 2.39. The first-order valence-electron chi connectivity index (χ1n) is 7.13. The number of hydrogen-bond donors (Lipinski definition) is 3. The molecule has 1 heterocycles. The number of nitrogens with one attached hydrogen (secondary N) is 2. The van der Waals surface area contributed by atoms with E-state index in [4.69, 9.17) is 5.73 Å². The predicted octanol–water partition coefficient (Wildman–Crippen LogP) is 1.91. The summed E-state index contributed by atoms with van der Waals surface area (Å²) >= 11 is 0. The minimum Gasteiger partial charge on any atom is -0.397 e. The molecule has 20 heavy (non-hydrogen) atoms. The van der Waals surface area contributed by atoms with Gasteiger partial charge in [-0.2, -0.15) is 0 Å². The molecule has 0 aromatic heterocycles. The maximum atomic E-state index is 11.4. The number of anilines is 3. The number of rotatable bonds is 5. The maximum absolute atomic E-state index is 11.4. The predicted molar refractivity (Wildman–Crippen MR) is 84.1 cm³/mol. The van der Waals surface area contributed by atoms with Gasteiger partial charge in [-0.25, -0.2) is 0 Å². The zero-order valence-corrected chi connectivity index (χ0v) is 12.5. The highest BCUT2D eigenvalue weighted by molar-refractivity contribution is 5.95. The number of hydrogen-bond acceptors (Lipinski definition) is 4. The van der Waals surface area contributed by atoms with Crippen LogP contribution in [0.25, 0.3) is 0 Å². The van der Waals surface area contributed by atoms with Crippen molar-refractivity contribution in [3.05, 3.63) is 17.7 Å². The van der Waals surface area contributed by atoms with E-state index in [1.807, 2.05) is 12.1 Å². The molecule has 0 unspecified atom stereocenters. The fourth-order valence-electron chi connectivity index (χ4n) is 2.23. The van der Waals surface area contributed by atoms with Crippen molar-refractivity contribution < 1.29 is 4.79 Å². The van der Waals surface area contributed by atoms with Crippen LogP contribution in [0.3, 0.4) is 0 Å². The Morgan fingerprint density at radius 2 is 2.15 bits per heavy atom. The van der Waals surface area contributed by atoms with E-state index in [1.165, 1.54) is 0 Å². The van der Waals surface area contributed by atoms with Crippen LogP contribution in [0.2, 0.25) is 0 Å². The molecule has 0 saturated carbocycles. The topological polar surface area (TPSA) is 70.4 Å². The molecule has 0 spiro atoms. The fraction of sp³-hybridized carbons (Fsp3) is 0.533. The molecule has 0 fully saturated rings. The fourth-order valence-corrected chi connectivity index (χ4v) is 2.23. The Balaban J connectivity index is 2.01. The molecule has 0 saturated heterocycles. The van der Waals surface area contributed by atoms with Crippen LogP contribution >= 0.6 is 0 Å². The van der Waals surface area contributed by atoms with Gasteiger partial charge in [0, 0.05) is 31.2 Å². The van der Waals surface area contributed by atoms with E-state index in [2.05, 4.69) is 36.4 Å². The van der Waals surface area contributed by atoms with Gasteiger partial charge in [-0.05, 0) is 45.0 Å². The second-order valence-corrected chi connectivity index (χ2v) is 5.65. The van der Waals surface area contributed by atoms with Crippen molar-refractivity contribution in [1.82, 2.24) is 4.90 Å². The van der Waals surface area contributed by atoms with Crippen LogP contribution in [0.4, 0.5) is 17.1 Å². The Bertz CT molecular complexity index is 499. The number of likely N-dealkylation sites (N-methyl/N-ethyl adjacent to an activating group) is 1. The van der Waals surface area contributed by atoms with Crippen molar-refractivity contribution in [3.63, 3.8) is 0 Å². The highest BCUT2D eigenvalue weighted by atomic mass is 16.1. The van der Waals surface area contributed by atoms with Crippen LogP contribution < -0.4 is 16.4 Å². The Labute approximate surface area is 120 Å². The lowest BCUT2D eigenvalue weighted by molar-refractivity contribution is -0.116. The Kier molecular flexibility index (Phi) is 4.49. The van der Waals surface area contributed by atoms with E-state index in [1.54, 1.807) is 0 Å². The zero-order chi connectivity index (χ0) is 14.7. The van der Waals surface area contributed by atoms with Gasteiger partial charge in [-0.15, -0.1) is 0 Å². The van der Waals surface area contributed by atoms with Gasteiger partial charge < -0.3 is 21.3 Å². The normalized spacial score (nSPS) is 14.3. The molecule has 1 aromatic rings. The third-order valence-corrected chi connectivity index (χ3v) is 3.83. The number of aryl methyl sites for hydroxylation is 1. The van der Waals surface area contributed by atoms with Crippen LogP contribution in [0.5, 0.6) is 0 Å². The van der Waals surface area contributed by atoms with Crippen LogP contribution in [0, 0.1) is 0 Å². The van der Waals surface area contributed by atoms with E-state index >= 15 is 0 Å². The molecule has 0 radical (unpaired) electrons. The lowest BCUT2D eigenvalue weighted by Crippen LogP contribution is -2.31. The van der Waals surface area contributed by atoms with Gasteiger partial charge in [-0.3, -0.25) is 4.79 Å². The molecule has 5 nitrogen and oxygen atoms in total. The molecule has 1 amide bonds. The van der Waals surface area contributed by atoms with Gasteiger partial charge in [0.15, 0.2) is 0 Å². The molecule has 5 heteroatoms. The van der Waals surface area contributed by atoms with Crippen molar-refractivity contribution in [3.8, 4) is 0 Å². The largest absolute Gasteiger partial charge is 0.397 e. The van der Waals surface area contributed by atoms with E-state index in [0.29, 0.717) is 12.5 Å². The number of carbonyl (C=O) groups excluding carboxylic acids is 1. The van der Waals surface area contributed by atoms with Crippen molar-refractivity contribution >= 4 is 23.0 Å². The Morgan fingerprint density at radius 3 is 2.85 bits per heavy atom. The van der Waals surface area contributed by atoms with Crippen molar-refractivity contribution in [2.45, 2.75) is 32.7 Å². The summed E-state index contributed by atoms with van der Waals surface area (Å²) in [6.07, 6.45) is 1.31. The number of nitrogen functional groups attached to an aromatic ring is 1. The molecule has 1 aliphatic rings. The van der Waals surface area contributed by atoms with Gasteiger partial charge in [0.1, 0.15) is 0 Å². The number of fused-ring (bicyclic) bond motifs is 1. The van der Waals surface area contributed by atoms with Crippen molar-refractivity contribution in [2.75, 3.05) is 36.5 Å². The quantitative estimate of drug-likeness (QED) is 0.718. The summed E-state index contributed by atoms with van der Waals surface area (Å²) < 4.78 is 0. The second-order valence-electron chi connectivity index (χ2n) is 5.65. The molecular formula is C15H24N4O. The van der Waals surface area contributed by atoms with E-state index in [0.717, 1.165) is 42.1 Å². The van der Waals surface area contributed by atoms with Crippen molar-refractivity contribution in [2.24, 2.45) is 0 Å². The SMILES string of the molecule is CC(C)N(C)CCNc1cc2c(cc1N)CCC(=O)N2. The lowest BCUT2D eigenvalue weighted by atomic mass is 10.0. The van der Waals surface area contributed by atoms with Gasteiger partial charge in [-0.1, -0.05) is 0 Å². The highest BCUT2D eigenvalue weighted by Crippen LogP contribution is 2.30. The standard InChI is InChI=1S/C15H24N4O/c1-10(2)19(3)7-6-17-14-9-13-11(8-12(14)16)4-5-15(20)18-13/h8-10,17H,4-7,16H2,1-3H3,(H,18,20). The molecule has 1 aliphatic heterocycles. The van der Waals surface area contributed by atoms with E-state index in [-0.39, 0.29) is 5.91 Å². The first kappa shape index (κ1) is 14.7. The van der Waals surface area contributed by atoms with Crippen molar-refractivity contribution in [1.29, 1.82) is 0 Å². The molecule has 0 bridgehead atoms. The number of nitrogens with two attached hydrogens (primary N) is 1. The third kappa shape index (κ3) is 3.42. The minimum atomic E-state index is 0.0766. The summed E-state index contributed by atoms with van der Waals surface area (Å²) in [5.74, 6) is 0.0766. The maximum Gasteiger partial charge on any atom is 0.224 e. The zero-order valence-electron chi connectivity index (χ0n) is 12.5. The first-order chi connectivity index (χ1) is 9.47. The number of nitrogens with zero attached hydrogens (tertiary/aromatic N) is 1. The number of benzene rings is 1. The van der Waals surface area contributed by atoms with Gasteiger partial charge in [0.25, 0.3) is 0 Å². The molecular weight excluding hydrogens is 252 g/mol. The van der Waals surface area contributed by atoms with Gasteiger partial charge in [0.2, 0.25) is 5.91 Å².